The standard InChI is InChI=1S/C28H30N6O2/c1-19-9-11-22(12-10-19)18-34-25-24(8-5-13-29-25)30-26(27(34)35)32-14-16-33(17-15-32)28(36)31-23-7-4-6-20(2)21(23)3/h4-13H,14-18H2,1-3H3,(H,31,36). The summed E-state index contributed by atoms with van der Waals surface area (Å²) in [5, 5.41) is 3.03. The Hall–Kier alpha value is -4.20. The maximum absolute atomic E-state index is 13.6. The average Bonchev–Trinajstić information content (AvgIpc) is 2.89. The highest BCUT2D eigenvalue weighted by Gasteiger charge is 2.25. The summed E-state index contributed by atoms with van der Waals surface area (Å²) in [5.74, 6) is 0.400. The minimum absolute atomic E-state index is 0.129. The number of aryl methyl sites for hydroxylation is 2. The SMILES string of the molecule is Cc1ccc(Cn2c(=O)c(N3CCN(C(=O)Nc4cccc(C)c4C)CC3)nc3cccnc32)cc1. The van der Waals surface area contributed by atoms with Crippen molar-refractivity contribution in [1.29, 1.82) is 0 Å². The van der Waals surface area contributed by atoms with Crippen molar-refractivity contribution in [1.82, 2.24) is 19.4 Å². The first kappa shape index (κ1) is 23.5. The molecule has 2 aromatic heterocycles. The van der Waals surface area contributed by atoms with E-state index in [1.807, 2.05) is 80.3 Å². The van der Waals surface area contributed by atoms with Gasteiger partial charge in [0.2, 0.25) is 0 Å². The van der Waals surface area contributed by atoms with E-state index in [2.05, 4.69) is 15.3 Å². The number of fused-ring (bicyclic) bond motifs is 1. The van der Waals surface area contributed by atoms with Gasteiger partial charge >= 0.3 is 6.03 Å². The Morgan fingerprint density at radius 3 is 2.44 bits per heavy atom. The van der Waals surface area contributed by atoms with Crippen LogP contribution in [-0.4, -0.2) is 51.6 Å². The lowest BCUT2D eigenvalue weighted by Gasteiger charge is -2.35. The lowest BCUT2D eigenvalue weighted by molar-refractivity contribution is 0.208. The third kappa shape index (κ3) is 4.66. The number of aromatic nitrogens is 3. The molecule has 0 aliphatic carbocycles. The van der Waals surface area contributed by atoms with E-state index in [9.17, 15) is 9.59 Å². The van der Waals surface area contributed by atoms with Gasteiger partial charge in [-0.2, -0.15) is 0 Å². The van der Waals surface area contributed by atoms with Gasteiger partial charge in [0.15, 0.2) is 11.5 Å². The van der Waals surface area contributed by atoms with Gasteiger partial charge < -0.3 is 15.1 Å². The molecular weight excluding hydrogens is 452 g/mol. The highest BCUT2D eigenvalue weighted by molar-refractivity contribution is 5.90. The third-order valence-electron chi connectivity index (χ3n) is 6.86. The van der Waals surface area contributed by atoms with E-state index in [1.54, 1.807) is 15.7 Å². The summed E-state index contributed by atoms with van der Waals surface area (Å²) in [6.45, 7) is 8.55. The van der Waals surface area contributed by atoms with Crippen molar-refractivity contribution in [2.75, 3.05) is 36.4 Å². The number of pyridine rings is 1. The lowest BCUT2D eigenvalue weighted by atomic mass is 10.1. The molecule has 36 heavy (non-hydrogen) atoms. The Morgan fingerprint density at radius 2 is 1.69 bits per heavy atom. The van der Waals surface area contributed by atoms with E-state index in [-0.39, 0.29) is 11.6 Å². The molecule has 8 nitrogen and oxygen atoms in total. The molecule has 2 amide bonds. The van der Waals surface area contributed by atoms with Crippen LogP contribution in [0.5, 0.6) is 0 Å². The smallest absolute Gasteiger partial charge is 0.321 e. The number of carbonyl (C=O) groups excluding carboxylic acids is 1. The van der Waals surface area contributed by atoms with Crippen molar-refractivity contribution < 1.29 is 4.79 Å². The molecule has 0 saturated carbocycles. The highest BCUT2D eigenvalue weighted by atomic mass is 16.2. The Morgan fingerprint density at radius 1 is 0.944 bits per heavy atom. The zero-order valence-electron chi connectivity index (χ0n) is 20.9. The molecule has 0 spiro atoms. The molecule has 1 aliphatic rings. The second-order valence-corrected chi connectivity index (χ2v) is 9.31. The topological polar surface area (TPSA) is 83.4 Å². The van der Waals surface area contributed by atoms with Crippen molar-refractivity contribution in [3.63, 3.8) is 0 Å². The molecule has 184 valence electrons. The van der Waals surface area contributed by atoms with Crippen LogP contribution in [0, 0.1) is 20.8 Å². The van der Waals surface area contributed by atoms with Crippen molar-refractivity contribution in [2.45, 2.75) is 27.3 Å². The van der Waals surface area contributed by atoms with Crippen molar-refractivity contribution in [3.8, 4) is 0 Å². The van der Waals surface area contributed by atoms with E-state index in [0.29, 0.717) is 49.7 Å². The largest absolute Gasteiger partial charge is 0.348 e. The van der Waals surface area contributed by atoms with E-state index in [1.165, 1.54) is 5.56 Å². The monoisotopic (exact) mass is 482 g/mol. The van der Waals surface area contributed by atoms with Gasteiger partial charge in [0.1, 0.15) is 5.52 Å². The third-order valence-corrected chi connectivity index (χ3v) is 6.86. The van der Waals surface area contributed by atoms with Gasteiger partial charge in [-0.3, -0.25) is 9.36 Å². The van der Waals surface area contributed by atoms with Crippen molar-refractivity contribution >= 4 is 28.7 Å². The summed E-state index contributed by atoms with van der Waals surface area (Å²) >= 11 is 0. The maximum Gasteiger partial charge on any atom is 0.321 e. The van der Waals surface area contributed by atoms with Crippen LogP contribution in [0.2, 0.25) is 0 Å². The molecule has 1 saturated heterocycles. The van der Waals surface area contributed by atoms with Gasteiger partial charge in [0.05, 0.1) is 6.54 Å². The second-order valence-electron chi connectivity index (χ2n) is 9.31. The first-order valence-corrected chi connectivity index (χ1v) is 12.2. The molecule has 0 atom stereocenters. The Bertz CT molecular complexity index is 1470. The second kappa shape index (κ2) is 9.81. The zero-order chi connectivity index (χ0) is 25.2. The molecule has 0 bridgehead atoms. The molecule has 4 aromatic rings. The predicted molar refractivity (Wildman–Crippen MR) is 143 cm³/mol. The summed E-state index contributed by atoms with van der Waals surface area (Å²) < 4.78 is 1.70. The molecule has 8 heteroatoms. The number of amides is 2. The molecule has 0 radical (unpaired) electrons. The Labute approximate surface area is 210 Å². The van der Waals surface area contributed by atoms with Crippen LogP contribution >= 0.6 is 0 Å². The van der Waals surface area contributed by atoms with E-state index >= 15 is 0 Å². The van der Waals surface area contributed by atoms with Crippen molar-refractivity contribution in [3.05, 3.63) is 93.4 Å². The zero-order valence-corrected chi connectivity index (χ0v) is 20.9. The molecular formula is C28H30N6O2. The van der Waals surface area contributed by atoms with E-state index in [0.717, 1.165) is 22.4 Å². The molecule has 1 aliphatic heterocycles. The molecule has 1 N–H and O–H groups in total. The first-order valence-electron chi connectivity index (χ1n) is 12.2. The van der Waals surface area contributed by atoms with Gasteiger partial charge in [-0.15, -0.1) is 0 Å². The normalized spacial score (nSPS) is 13.8. The summed E-state index contributed by atoms with van der Waals surface area (Å²) in [4.78, 5) is 39.4. The number of hydrogen-bond donors (Lipinski definition) is 1. The fraction of sp³-hybridized carbons (Fsp3) is 0.286. The summed E-state index contributed by atoms with van der Waals surface area (Å²) in [5.41, 5.74) is 6.29. The molecule has 1 fully saturated rings. The van der Waals surface area contributed by atoms with Gasteiger partial charge in [-0.05, 0) is 55.7 Å². The lowest BCUT2D eigenvalue weighted by Crippen LogP contribution is -2.51. The molecule has 5 rings (SSSR count). The number of anilines is 2. The number of piperazine rings is 1. The van der Waals surface area contributed by atoms with Crippen molar-refractivity contribution in [2.24, 2.45) is 0 Å². The molecule has 0 unspecified atom stereocenters. The van der Waals surface area contributed by atoms with Gasteiger partial charge in [-0.1, -0.05) is 42.0 Å². The fourth-order valence-electron chi connectivity index (χ4n) is 4.49. The highest BCUT2D eigenvalue weighted by Crippen LogP contribution is 2.20. The number of nitrogens with zero attached hydrogens (tertiary/aromatic N) is 5. The van der Waals surface area contributed by atoms with Gasteiger partial charge in [-0.25, -0.2) is 14.8 Å². The summed E-state index contributed by atoms with van der Waals surface area (Å²) in [6, 6.07) is 17.6. The Balaban J connectivity index is 1.36. The molecule has 2 aromatic carbocycles. The number of hydrogen-bond acceptors (Lipinski definition) is 5. The minimum atomic E-state index is -0.171. The van der Waals surface area contributed by atoms with Crippen LogP contribution in [-0.2, 0) is 6.54 Å². The molecule has 3 heterocycles. The van der Waals surface area contributed by atoms with Gasteiger partial charge in [0.25, 0.3) is 5.56 Å². The fourth-order valence-corrected chi connectivity index (χ4v) is 4.49. The van der Waals surface area contributed by atoms with Gasteiger partial charge in [0, 0.05) is 38.1 Å². The number of carbonyl (C=O) groups is 1. The van der Waals surface area contributed by atoms with Crippen LogP contribution in [0.1, 0.15) is 22.3 Å². The van der Waals surface area contributed by atoms with Crippen LogP contribution in [0.3, 0.4) is 0 Å². The Kier molecular flexibility index (Phi) is 6.41. The number of rotatable bonds is 4. The van der Waals surface area contributed by atoms with Crippen LogP contribution < -0.4 is 15.8 Å². The number of nitrogens with one attached hydrogen (secondary N) is 1. The first-order chi connectivity index (χ1) is 17.4. The van der Waals surface area contributed by atoms with E-state index < -0.39 is 0 Å². The van der Waals surface area contributed by atoms with E-state index in [4.69, 9.17) is 0 Å². The summed E-state index contributed by atoms with van der Waals surface area (Å²) in [7, 11) is 0. The minimum Gasteiger partial charge on any atom is -0.348 e. The number of urea groups is 1. The quantitative estimate of drug-likeness (QED) is 0.473. The van der Waals surface area contributed by atoms with Crippen LogP contribution in [0.15, 0.2) is 65.6 Å². The summed E-state index contributed by atoms with van der Waals surface area (Å²) in [6.07, 6.45) is 1.68. The average molecular weight is 483 g/mol. The maximum atomic E-state index is 13.6. The number of benzene rings is 2. The van der Waals surface area contributed by atoms with Crippen LogP contribution in [0.4, 0.5) is 16.3 Å². The van der Waals surface area contributed by atoms with Crippen LogP contribution in [0.25, 0.3) is 11.2 Å². The predicted octanol–water partition coefficient (Wildman–Crippen LogP) is 4.12.